The molecule has 0 bridgehead atoms. The van der Waals surface area contributed by atoms with Crippen molar-refractivity contribution in [3.8, 4) is 0 Å². The van der Waals surface area contributed by atoms with Gasteiger partial charge in [-0.2, -0.15) is 0 Å². The second-order valence-corrected chi connectivity index (χ2v) is 12.3. The lowest BCUT2D eigenvalue weighted by Crippen LogP contribution is -2.30. The maximum atomic E-state index is 12.1. The topological polar surface area (TPSA) is 17.1 Å². The highest BCUT2D eigenvalue weighted by atomic mass is 16.2. The van der Waals surface area contributed by atoms with Crippen LogP contribution >= 0.6 is 0 Å². The molecule has 36 heavy (non-hydrogen) atoms. The molecule has 0 aromatic carbocycles. The lowest BCUT2D eigenvalue weighted by atomic mass is 10.0. The van der Waals surface area contributed by atoms with Crippen molar-refractivity contribution in [3.63, 3.8) is 0 Å². The monoisotopic (exact) mass is 507 g/mol. The van der Waals surface area contributed by atoms with Gasteiger partial charge in [-0.15, -0.1) is 0 Å². The van der Waals surface area contributed by atoms with Gasteiger partial charge < -0.3 is 0 Å². The van der Waals surface area contributed by atoms with Gasteiger partial charge in [0.25, 0.3) is 0 Å². The first-order valence-electron chi connectivity index (χ1n) is 17.1. The number of rotatable bonds is 30. The van der Waals surface area contributed by atoms with Gasteiger partial charge in [-0.1, -0.05) is 168 Å². The van der Waals surface area contributed by atoms with E-state index < -0.39 is 0 Å². The molecule has 0 aliphatic carbocycles. The second-order valence-electron chi connectivity index (χ2n) is 12.3. The van der Waals surface area contributed by atoms with Gasteiger partial charge in [0.1, 0.15) is 0 Å². The molecule has 1 aliphatic heterocycles. The standard InChI is InChI=1S/C34H68NO/c1-3-5-7-9-11-13-15-17-19-21-23-25-27-29-31-35(33-34(35)36)32-30-28-26-24-22-20-18-16-14-12-10-8-6-4-2/h3-33H2,1-2H3/q+1. The predicted octanol–water partition coefficient (Wildman–Crippen LogP) is 11.3. The number of hydrogen-bond donors (Lipinski definition) is 0. The van der Waals surface area contributed by atoms with Gasteiger partial charge >= 0.3 is 5.91 Å². The second kappa shape index (κ2) is 24.9. The van der Waals surface area contributed by atoms with E-state index in [4.69, 9.17) is 0 Å². The lowest BCUT2D eigenvalue weighted by molar-refractivity contribution is -0.760. The summed E-state index contributed by atoms with van der Waals surface area (Å²) in [4.78, 5) is 12.1. The molecule has 1 saturated heterocycles. The van der Waals surface area contributed by atoms with Crippen LogP contribution in [0.3, 0.4) is 0 Å². The fraction of sp³-hybridized carbons (Fsp3) is 0.971. The van der Waals surface area contributed by atoms with Crippen LogP contribution in [-0.2, 0) is 4.79 Å². The molecule has 0 radical (unpaired) electrons. The smallest absolute Gasteiger partial charge is 0.244 e. The minimum absolute atomic E-state index is 0.527. The van der Waals surface area contributed by atoms with E-state index in [1.54, 1.807) is 0 Å². The Hall–Kier alpha value is -0.370. The van der Waals surface area contributed by atoms with Crippen LogP contribution < -0.4 is 0 Å². The first-order chi connectivity index (χ1) is 17.7. The highest BCUT2D eigenvalue weighted by molar-refractivity contribution is 5.81. The van der Waals surface area contributed by atoms with Crippen LogP contribution in [0.25, 0.3) is 0 Å². The Morgan fingerprint density at radius 3 is 0.778 bits per heavy atom. The molecular formula is C34H68NO+. The highest BCUT2D eigenvalue weighted by Crippen LogP contribution is 2.26. The van der Waals surface area contributed by atoms with Gasteiger partial charge in [-0.3, -0.25) is 0 Å². The summed E-state index contributed by atoms with van der Waals surface area (Å²) < 4.78 is 0.844. The summed E-state index contributed by atoms with van der Waals surface area (Å²) in [5.74, 6) is 0.527. The van der Waals surface area contributed by atoms with Gasteiger partial charge in [0, 0.05) is 0 Å². The zero-order chi connectivity index (χ0) is 26.0. The van der Waals surface area contributed by atoms with E-state index in [9.17, 15) is 4.79 Å². The van der Waals surface area contributed by atoms with Crippen molar-refractivity contribution in [3.05, 3.63) is 0 Å². The van der Waals surface area contributed by atoms with E-state index in [0.717, 1.165) is 24.1 Å². The van der Waals surface area contributed by atoms with Crippen LogP contribution in [0.5, 0.6) is 0 Å². The van der Waals surface area contributed by atoms with Gasteiger partial charge in [0.2, 0.25) is 6.54 Å². The Morgan fingerprint density at radius 2 is 0.583 bits per heavy atom. The van der Waals surface area contributed by atoms with E-state index in [-0.39, 0.29) is 0 Å². The maximum Gasteiger partial charge on any atom is 0.369 e. The molecule has 214 valence electrons. The molecular weight excluding hydrogens is 438 g/mol. The largest absolute Gasteiger partial charge is 0.369 e. The lowest BCUT2D eigenvalue weighted by Gasteiger charge is -2.15. The maximum absolute atomic E-state index is 12.1. The predicted molar refractivity (Wildman–Crippen MR) is 160 cm³/mol. The molecule has 1 aliphatic rings. The highest BCUT2D eigenvalue weighted by Gasteiger charge is 2.53. The van der Waals surface area contributed by atoms with E-state index in [1.165, 1.54) is 180 Å². The number of carbonyl (C=O) groups excluding carboxylic acids is 1. The number of unbranched alkanes of at least 4 members (excludes halogenated alkanes) is 26. The third-order valence-corrected chi connectivity index (χ3v) is 8.74. The van der Waals surface area contributed by atoms with Crippen molar-refractivity contribution in [2.24, 2.45) is 0 Å². The number of amides is 1. The number of hydrogen-bond acceptors (Lipinski definition) is 1. The van der Waals surface area contributed by atoms with Crippen LogP contribution in [-0.4, -0.2) is 30.0 Å². The Bertz CT molecular complexity index is 442. The van der Waals surface area contributed by atoms with Crippen LogP contribution in [0.2, 0.25) is 0 Å². The van der Waals surface area contributed by atoms with E-state index in [0.29, 0.717) is 5.91 Å². The summed E-state index contributed by atoms with van der Waals surface area (Å²) in [6, 6.07) is 0. The average molecular weight is 507 g/mol. The first kappa shape index (κ1) is 33.7. The Kier molecular flexibility index (Phi) is 23.3. The summed E-state index contributed by atoms with van der Waals surface area (Å²) in [6.07, 6.45) is 39.5. The number of nitrogens with zero attached hydrogens (tertiary/aromatic N) is 1. The van der Waals surface area contributed by atoms with Gasteiger partial charge in [-0.05, 0) is 25.7 Å². The summed E-state index contributed by atoms with van der Waals surface area (Å²) in [6.45, 7) is 7.70. The minimum Gasteiger partial charge on any atom is -0.244 e. The van der Waals surface area contributed by atoms with Crippen LogP contribution in [0, 0.1) is 0 Å². The fourth-order valence-electron chi connectivity index (χ4n) is 5.96. The normalized spacial score (nSPS) is 14.6. The van der Waals surface area contributed by atoms with E-state index in [2.05, 4.69) is 13.8 Å². The number of carbonyl (C=O) groups is 1. The van der Waals surface area contributed by atoms with E-state index >= 15 is 0 Å². The zero-order valence-corrected chi connectivity index (χ0v) is 25.3. The van der Waals surface area contributed by atoms with Crippen LogP contribution in [0.4, 0.5) is 0 Å². The van der Waals surface area contributed by atoms with Crippen LogP contribution in [0.1, 0.15) is 194 Å². The molecule has 0 unspecified atom stereocenters. The van der Waals surface area contributed by atoms with Crippen molar-refractivity contribution >= 4 is 5.91 Å². The fourth-order valence-corrected chi connectivity index (χ4v) is 5.96. The molecule has 0 spiro atoms. The Morgan fingerprint density at radius 1 is 0.389 bits per heavy atom. The Balaban J connectivity index is 1.81. The quantitative estimate of drug-likeness (QED) is 0.0537. The third-order valence-electron chi connectivity index (χ3n) is 8.74. The summed E-state index contributed by atoms with van der Waals surface area (Å²) in [5, 5.41) is 0. The Labute approximate surface area is 228 Å². The molecule has 2 heteroatoms. The molecule has 1 heterocycles. The molecule has 0 atom stereocenters. The molecule has 0 aromatic rings. The summed E-state index contributed by atoms with van der Waals surface area (Å²) in [5.41, 5.74) is 0. The molecule has 2 nitrogen and oxygen atoms in total. The van der Waals surface area contributed by atoms with Gasteiger partial charge in [0.05, 0.1) is 13.1 Å². The van der Waals surface area contributed by atoms with Gasteiger partial charge in [-0.25, -0.2) is 9.28 Å². The molecule has 0 saturated carbocycles. The summed E-state index contributed by atoms with van der Waals surface area (Å²) in [7, 11) is 0. The zero-order valence-electron chi connectivity index (χ0n) is 25.3. The van der Waals surface area contributed by atoms with Crippen molar-refractivity contribution < 1.29 is 9.28 Å². The number of quaternary nitrogens is 1. The van der Waals surface area contributed by atoms with Gasteiger partial charge in [0.15, 0.2) is 0 Å². The first-order valence-corrected chi connectivity index (χ1v) is 17.1. The molecule has 1 rings (SSSR count). The molecule has 1 fully saturated rings. The van der Waals surface area contributed by atoms with Crippen molar-refractivity contribution in [2.45, 2.75) is 194 Å². The van der Waals surface area contributed by atoms with Crippen molar-refractivity contribution in [1.82, 2.24) is 0 Å². The SMILES string of the molecule is CCCCCCCCCCCCCCCC[N+]1(CCCCCCCCCCCCCCCC)CC1=O. The minimum atomic E-state index is 0.527. The van der Waals surface area contributed by atoms with E-state index in [1.807, 2.05) is 0 Å². The molecule has 1 amide bonds. The third kappa shape index (κ3) is 19.7. The van der Waals surface area contributed by atoms with Crippen molar-refractivity contribution in [1.29, 1.82) is 0 Å². The average Bonchev–Trinajstić information content (AvgIpc) is 3.53. The molecule has 0 N–H and O–H groups in total. The van der Waals surface area contributed by atoms with Crippen LogP contribution in [0.15, 0.2) is 0 Å². The molecule has 0 aromatic heterocycles. The summed E-state index contributed by atoms with van der Waals surface area (Å²) >= 11 is 0. The van der Waals surface area contributed by atoms with Crippen molar-refractivity contribution in [2.75, 3.05) is 19.6 Å².